The van der Waals surface area contributed by atoms with Gasteiger partial charge in [-0.25, -0.2) is 9.78 Å². The molecule has 1 fully saturated rings. The molecule has 2 aromatic rings. The Hall–Kier alpha value is -2.67. The van der Waals surface area contributed by atoms with E-state index in [-0.39, 0.29) is 5.97 Å². The van der Waals surface area contributed by atoms with Gasteiger partial charge in [0.05, 0.1) is 18.4 Å². The van der Waals surface area contributed by atoms with E-state index in [1.54, 1.807) is 12.1 Å². The molecule has 2 N–H and O–H groups in total. The SMILES string of the molecule is COC(=O)c1ccc(Nc2cc(C3CC3)nc(NCCCN(C)C)n2)cc1. The van der Waals surface area contributed by atoms with E-state index in [1.807, 2.05) is 18.2 Å². The summed E-state index contributed by atoms with van der Waals surface area (Å²) in [5.41, 5.74) is 2.46. The third-order valence-electron chi connectivity index (χ3n) is 4.39. The first-order chi connectivity index (χ1) is 13.0. The van der Waals surface area contributed by atoms with Crippen LogP contribution < -0.4 is 10.6 Å². The minimum absolute atomic E-state index is 0.344. The highest BCUT2D eigenvalue weighted by Gasteiger charge is 2.26. The fourth-order valence-electron chi connectivity index (χ4n) is 2.75. The van der Waals surface area contributed by atoms with E-state index in [9.17, 15) is 4.79 Å². The summed E-state index contributed by atoms with van der Waals surface area (Å²) in [7, 11) is 5.51. The molecule has 27 heavy (non-hydrogen) atoms. The van der Waals surface area contributed by atoms with Crippen molar-refractivity contribution < 1.29 is 9.53 Å². The average Bonchev–Trinajstić information content (AvgIpc) is 3.50. The van der Waals surface area contributed by atoms with Crippen LogP contribution in [0.25, 0.3) is 0 Å². The number of rotatable bonds is 9. The second-order valence-corrected chi connectivity index (χ2v) is 7.05. The number of nitrogens with one attached hydrogen (secondary N) is 2. The maximum absolute atomic E-state index is 11.5. The van der Waals surface area contributed by atoms with Gasteiger partial charge in [0, 0.05) is 24.2 Å². The Labute approximate surface area is 160 Å². The van der Waals surface area contributed by atoms with Gasteiger partial charge in [0.2, 0.25) is 5.95 Å². The van der Waals surface area contributed by atoms with Crippen LogP contribution in [0.1, 0.15) is 41.2 Å². The lowest BCUT2D eigenvalue weighted by molar-refractivity contribution is 0.0601. The Balaban J connectivity index is 1.69. The van der Waals surface area contributed by atoms with E-state index >= 15 is 0 Å². The number of nitrogens with zero attached hydrogens (tertiary/aromatic N) is 3. The highest BCUT2D eigenvalue weighted by atomic mass is 16.5. The van der Waals surface area contributed by atoms with Gasteiger partial charge in [-0.1, -0.05) is 0 Å². The van der Waals surface area contributed by atoms with Crippen LogP contribution in [0.15, 0.2) is 30.3 Å². The van der Waals surface area contributed by atoms with Crippen molar-refractivity contribution in [2.24, 2.45) is 0 Å². The maximum Gasteiger partial charge on any atom is 0.337 e. The average molecular weight is 369 g/mol. The van der Waals surface area contributed by atoms with Crippen LogP contribution >= 0.6 is 0 Å². The monoisotopic (exact) mass is 369 g/mol. The van der Waals surface area contributed by atoms with Crippen molar-refractivity contribution in [3.63, 3.8) is 0 Å². The zero-order valence-corrected chi connectivity index (χ0v) is 16.2. The maximum atomic E-state index is 11.5. The van der Waals surface area contributed by atoms with Gasteiger partial charge in [-0.05, 0) is 64.2 Å². The molecule has 0 aliphatic heterocycles. The number of hydrogen-bond donors (Lipinski definition) is 2. The lowest BCUT2D eigenvalue weighted by atomic mass is 10.2. The van der Waals surface area contributed by atoms with Gasteiger partial charge in [0.25, 0.3) is 0 Å². The minimum atomic E-state index is -0.344. The van der Waals surface area contributed by atoms with Crippen LogP contribution in [0.4, 0.5) is 17.5 Å². The molecule has 144 valence electrons. The van der Waals surface area contributed by atoms with Crippen molar-refractivity contribution in [1.29, 1.82) is 0 Å². The van der Waals surface area contributed by atoms with Crippen LogP contribution in [0.5, 0.6) is 0 Å². The summed E-state index contributed by atoms with van der Waals surface area (Å²) >= 11 is 0. The molecular weight excluding hydrogens is 342 g/mol. The highest BCUT2D eigenvalue weighted by molar-refractivity contribution is 5.89. The molecule has 1 aliphatic rings. The van der Waals surface area contributed by atoms with E-state index in [0.717, 1.165) is 36.7 Å². The number of aromatic nitrogens is 2. The summed E-state index contributed by atoms with van der Waals surface area (Å²) < 4.78 is 4.73. The molecule has 0 saturated heterocycles. The molecule has 1 saturated carbocycles. The standard InChI is InChI=1S/C20H27N5O2/c1-25(2)12-4-11-21-20-23-17(14-5-6-14)13-18(24-20)22-16-9-7-15(8-10-16)19(26)27-3/h7-10,13-14H,4-6,11-12H2,1-3H3,(H2,21,22,23,24). The first kappa shape index (κ1) is 19.1. The lowest BCUT2D eigenvalue weighted by Gasteiger charge is -2.12. The first-order valence-corrected chi connectivity index (χ1v) is 9.28. The fourth-order valence-corrected chi connectivity index (χ4v) is 2.75. The summed E-state index contributed by atoms with van der Waals surface area (Å²) in [5, 5.41) is 6.64. The predicted octanol–water partition coefficient (Wildman–Crippen LogP) is 3.25. The molecule has 0 spiro atoms. The molecule has 7 nitrogen and oxygen atoms in total. The van der Waals surface area contributed by atoms with Crippen molar-refractivity contribution in [2.75, 3.05) is 44.9 Å². The number of hydrogen-bond acceptors (Lipinski definition) is 7. The normalized spacial score (nSPS) is 13.5. The van der Waals surface area contributed by atoms with E-state index in [1.165, 1.54) is 20.0 Å². The number of carbonyl (C=O) groups is 1. The largest absolute Gasteiger partial charge is 0.465 e. The highest BCUT2D eigenvalue weighted by Crippen LogP contribution is 2.40. The van der Waals surface area contributed by atoms with E-state index < -0.39 is 0 Å². The topological polar surface area (TPSA) is 79.4 Å². The molecule has 3 rings (SSSR count). The number of benzene rings is 1. The molecule has 1 heterocycles. The molecule has 1 aromatic heterocycles. The zero-order valence-electron chi connectivity index (χ0n) is 16.2. The third-order valence-corrected chi connectivity index (χ3v) is 4.39. The van der Waals surface area contributed by atoms with Crippen molar-refractivity contribution in [3.8, 4) is 0 Å². The summed E-state index contributed by atoms with van der Waals surface area (Å²) in [6.45, 7) is 1.85. The van der Waals surface area contributed by atoms with Gasteiger partial charge in [-0.3, -0.25) is 0 Å². The van der Waals surface area contributed by atoms with Gasteiger partial charge in [-0.2, -0.15) is 4.98 Å². The number of carbonyl (C=O) groups excluding carboxylic acids is 1. The molecule has 0 unspecified atom stereocenters. The first-order valence-electron chi connectivity index (χ1n) is 9.28. The smallest absolute Gasteiger partial charge is 0.337 e. The molecule has 1 aromatic carbocycles. The predicted molar refractivity (Wildman–Crippen MR) is 107 cm³/mol. The summed E-state index contributed by atoms with van der Waals surface area (Å²) in [5.74, 6) is 1.61. The number of ether oxygens (including phenoxy) is 1. The summed E-state index contributed by atoms with van der Waals surface area (Å²) in [6, 6.07) is 9.16. The van der Waals surface area contributed by atoms with Crippen molar-refractivity contribution in [1.82, 2.24) is 14.9 Å². The van der Waals surface area contributed by atoms with E-state index in [0.29, 0.717) is 17.4 Å². The molecule has 0 atom stereocenters. The van der Waals surface area contributed by atoms with Gasteiger partial charge >= 0.3 is 5.97 Å². The van der Waals surface area contributed by atoms with Gasteiger partial charge in [0.1, 0.15) is 5.82 Å². The second kappa shape index (κ2) is 8.81. The number of methoxy groups -OCH3 is 1. The number of esters is 1. The van der Waals surface area contributed by atoms with Gasteiger partial charge in [0.15, 0.2) is 0 Å². The van der Waals surface area contributed by atoms with E-state index in [4.69, 9.17) is 4.74 Å². The Bertz CT molecular complexity index is 772. The van der Waals surface area contributed by atoms with E-state index in [2.05, 4.69) is 39.6 Å². The Morgan fingerprint density at radius 3 is 2.59 bits per heavy atom. The van der Waals surface area contributed by atoms with Crippen LogP contribution in [-0.2, 0) is 4.74 Å². The van der Waals surface area contributed by atoms with Crippen molar-refractivity contribution in [2.45, 2.75) is 25.2 Å². The Morgan fingerprint density at radius 1 is 1.22 bits per heavy atom. The molecule has 0 amide bonds. The minimum Gasteiger partial charge on any atom is -0.465 e. The van der Waals surface area contributed by atoms with Gasteiger partial charge in [-0.15, -0.1) is 0 Å². The molecule has 7 heteroatoms. The van der Waals surface area contributed by atoms with Gasteiger partial charge < -0.3 is 20.3 Å². The van der Waals surface area contributed by atoms with Crippen molar-refractivity contribution >= 4 is 23.4 Å². The molecule has 0 bridgehead atoms. The Morgan fingerprint density at radius 2 is 1.96 bits per heavy atom. The third kappa shape index (κ3) is 5.65. The fraction of sp³-hybridized carbons (Fsp3) is 0.450. The number of anilines is 3. The molecular formula is C20H27N5O2. The molecule has 1 aliphatic carbocycles. The second-order valence-electron chi connectivity index (χ2n) is 7.05. The zero-order chi connectivity index (χ0) is 19.2. The lowest BCUT2D eigenvalue weighted by Crippen LogP contribution is -2.17. The summed E-state index contributed by atoms with van der Waals surface area (Å²) in [6.07, 6.45) is 3.40. The van der Waals surface area contributed by atoms with Crippen LogP contribution in [0.2, 0.25) is 0 Å². The summed E-state index contributed by atoms with van der Waals surface area (Å²) in [4.78, 5) is 23.0. The van der Waals surface area contributed by atoms with Crippen molar-refractivity contribution in [3.05, 3.63) is 41.6 Å². The molecule has 0 radical (unpaired) electrons. The van der Waals surface area contributed by atoms with Crippen LogP contribution in [0.3, 0.4) is 0 Å². The Kier molecular flexibility index (Phi) is 6.24. The van der Waals surface area contributed by atoms with Crippen LogP contribution in [0, 0.1) is 0 Å². The van der Waals surface area contributed by atoms with Crippen LogP contribution in [-0.4, -0.2) is 55.1 Å². The quantitative estimate of drug-likeness (QED) is 0.519.